The summed E-state index contributed by atoms with van der Waals surface area (Å²) in [6, 6.07) is 0.138. The van der Waals surface area contributed by atoms with Gasteiger partial charge >= 0.3 is 6.09 Å². The number of carbonyl (C=O) groups is 1. The van der Waals surface area contributed by atoms with Gasteiger partial charge in [0.25, 0.3) is 0 Å². The van der Waals surface area contributed by atoms with E-state index in [1.807, 2.05) is 25.7 Å². The molecular weight excluding hydrogens is 294 g/mol. The quantitative estimate of drug-likeness (QED) is 0.707. The van der Waals surface area contributed by atoms with Crippen LogP contribution in [-0.2, 0) is 9.16 Å². The minimum Gasteiger partial charge on any atom is -0.444 e. The first-order valence-electron chi connectivity index (χ1n) is 8.36. The highest BCUT2D eigenvalue weighted by atomic mass is 28.4. The van der Waals surface area contributed by atoms with Gasteiger partial charge in [-0.25, -0.2) is 4.79 Å². The number of amides is 1. The smallest absolute Gasteiger partial charge is 0.410 e. The van der Waals surface area contributed by atoms with Crippen molar-refractivity contribution in [2.24, 2.45) is 5.92 Å². The molecule has 0 bridgehead atoms. The van der Waals surface area contributed by atoms with Crippen LogP contribution in [0.15, 0.2) is 0 Å². The fourth-order valence-electron chi connectivity index (χ4n) is 2.37. The van der Waals surface area contributed by atoms with E-state index in [0.29, 0.717) is 12.5 Å². The lowest BCUT2D eigenvalue weighted by Crippen LogP contribution is -2.46. The summed E-state index contributed by atoms with van der Waals surface area (Å²) in [5.74, 6) is 0.500. The molecule has 1 saturated heterocycles. The molecule has 1 heterocycles. The van der Waals surface area contributed by atoms with E-state index in [1.165, 1.54) is 0 Å². The molecule has 22 heavy (non-hydrogen) atoms. The molecule has 0 N–H and O–H groups in total. The highest BCUT2D eigenvalue weighted by Crippen LogP contribution is 2.37. The van der Waals surface area contributed by atoms with Crippen LogP contribution >= 0.6 is 0 Å². The second kappa shape index (κ2) is 6.52. The number of carbonyl (C=O) groups excluding carboxylic acids is 1. The van der Waals surface area contributed by atoms with E-state index in [4.69, 9.17) is 9.16 Å². The van der Waals surface area contributed by atoms with Crippen molar-refractivity contribution in [3.05, 3.63) is 0 Å². The van der Waals surface area contributed by atoms with Gasteiger partial charge in [0, 0.05) is 6.54 Å². The SMILES string of the molecule is C[C@H]1C[C@@H](CO[Si](C)(C)C(C)(C)C)N(C(=O)OC(C)(C)C)C1. The normalized spacial score (nSPS) is 23.8. The molecule has 130 valence electrons. The summed E-state index contributed by atoms with van der Waals surface area (Å²) in [4.78, 5) is 14.3. The number of likely N-dealkylation sites (tertiary alicyclic amines) is 1. The van der Waals surface area contributed by atoms with Gasteiger partial charge in [-0.15, -0.1) is 0 Å². The number of hydrogen-bond donors (Lipinski definition) is 0. The predicted octanol–water partition coefficient (Wildman–Crippen LogP) is 4.65. The zero-order chi connectivity index (χ0) is 17.3. The fraction of sp³-hybridized carbons (Fsp3) is 0.941. The van der Waals surface area contributed by atoms with Crippen LogP contribution < -0.4 is 0 Å². The number of ether oxygens (including phenoxy) is 1. The third-order valence-electron chi connectivity index (χ3n) is 4.69. The van der Waals surface area contributed by atoms with E-state index >= 15 is 0 Å². The van der Waals surface area contributed by atoms with E-state index < -0.39 is 13.9 Å². The fourth-order valence-corrected chi connectivity index (χ4v) is 3.42. The molecule has 0 aromatic heterocycles. The van der Waals surface area contributed by atoms with Crippen LogP contribution in [0.25, 0.3) is 0 Å². The van der Waals surface area contributed by atoms with E-state index in [-0.39, 0.29) is 17.2 Å². The molecule has 4 nitrogen and oxygen atoms in total. The first kappa shape index (κ1) is 19.5. The largest absolute Gasteiger partial charge is 0.444 e. The summed E-state index contributed by atoms with van der Waals surface area (Å²) >= 11 is 0. The van der Waals surface area contributed by atoms with Gasteiger partial charge in [0.2, 0.25) is 0 Å². The molecule has 1 fully saturated rings. The first-order valence-corrected chi connectivity index (χ1v) is 11.3. The molecule has 0 aromatic carbocycles. The van der Waals surface area contributed by atoms with Crippen LogP contribution in [0.4, 0.5) is 4.79 Å². The van der Waals surface area contributed by atoms with Gasteiger partial charge in [-0.3, -0.25) is 0 Å². The second-order valence-corrected chi connectivity index (χ2v) is 14.0. The topological polar surface area (TPSA) is 38.8 Å². The number of nitrogens with zero attached hydrogens (tertiary/aromatic N) is 1. The Kier molecular flexibility index (Phi) is 5.77. The molecule has 0 radical (unpaired) electrons. The molecule has 2 atom stereocenters. The Balaban J connectivity index is 2.70. The predicted molar refractivity (Wildman–Crippen MR) is 93.7 cm³/mol. The molecule has 0 unspecified atom stereocenters. The van der Waals surface area contributed by atoms with Crippen LogP contribution in [0.2, 0.25) is 18.1 Å². The van der Waals surface area contributed by atoms with Crippen molar-refractivity contribution in [2.75, 3.05) is 13.2 Å². The van der Waals surface area contributed by atoms with Crippen LogP contribution in [-0.4, -0.2) is 44.1 Å². The van der Waals surface area contributed by atoms with Crippen molar-refractivity contribution in [2.45, 2.75) is 84.7 Å². The van der Waals surface area contributed by atoms with Crippen molar-refractivity contribution in [3.63, 3.8) is 0 Å². The number of hydrogen-bond acceptors (Lipinski definition) is 3. The van der Waals surface area contributed by atoms with Crippen molar-refractivity contribution < 1.29 is 14.0 Å². The summed E-state index contributed by atoms with van der Waals surface area (Å²) < 4.78 is 11.9. The standard InChI is InChI=1S/C17H35NO3Si/c1-13-10-14(12-20-22(8,9)17(5,6)7)18(11-13)15(19)21-16(2,3)4/h13-14H,10-12H2,1-9H3/t13-,14-/m0/s1. The molecule has 0 spiro atoms. The maximum atomic E-state index is 12.4. The second-order valence-electron chi connectivity index (χ2n) is 9.20. The maximum absolute atomic E-state index is 12.4. The third kappa shape index (κ3) is 5.27. The average Bonchev–Trinajstić information content (AvgIpc) is 2.64. The summed E-state index contributed by atoms with van der Waals surface area (Å²) in [6.07, 6.45) is 0.786. The Morgan fingerprint density at radius 1 is 1.18 bits per heavy atom. The minimum absolute atomic E-state index is 0.138. The van der Waals surface area contributed by atoms with Crippen molar-refractivity contribution in [1.82, 2.24) is 4.90 Å². The van der Waals surface area contributed by atoms with Crippen LogP contribution in [0.5, 0.6) is 0 Å². The van der Waals surface area contributed by atoms with E-state index in [1.54, 1.807) is 0 Å². The molecule has 0 saturated carbocycles. The minimum atomic E-state index is -1.78. The monoisotopic (exact) mass is 329 g/mol. The van der Waals surface area contributed by atoms with Gasteiger partial charge in [0.15, 0.2) is 8.32 Å². The Morgan fingerprint density at radius 3 is 2.18 bits per heavy atom. The van der Waals surface area contributed by atoms with E-state index in [0.717, 1.165) is 13.0 Å². The van der Waals surface area contributed by atoms with Gasteiger partial charge in [-0.2, -0.15) is 0 Å². The van der Waals surface area contributed by atoms with Gasteiger partial charge < -0.3 is 14.1 Å². The summed E-state index contributed by atoms with van der Waals surface area (Å²) in [5, 5.41) is 0.188. The Bertz CT molecular complexity index is 396. The van der Waals surface area contributed by atoms with Gasteiger partial charge in [0.1, 0.15) is 5.60 Å². The zero-order valence-corrected chi connectivity index (χ0v) is 16.9. The molecule has 1 aliphatic heterocycles. The Hall–Kier alpha value is -0.553. The van der Waals surface area contributed by atoms with Gasteiger partial charge in [-0.1, -0.05) is 27.7 Å². The van der Waals surface area contributed by atoms with E-state index in [9.17, 15) is 4.79 Å². The van der Waals surface area contributed by atoms with Crippen LogP contribution in [0.1, 0.15) is 54.9 Å². The Morgan fingerprint density at radius 2 is 1.73 bits per heavy atom. The molecule has 0 aliphatic carbocycles. The molecule has 5 heteroatoms. The molecule has 0 aromatic rings. The van der Waals surface area contributed by atoms with Crippen molar-refractivity contribution in [1.29, 1.82) is 0 Å². The zero-order valence-electron chi connectivity index (χ0n) is 15.9. The van der Waals surface area contributed by atoms with Gasteiger partial charge in [0.05, 0.1) is 12.6 Å². The maximum Gasteiger partial charge on any atom is 0.410 e. The van der Waals surface area contributed by atoms with Crippen molar-refractivity contribution in [3.8, 4) is 0 Å². The van der Waals surface area contributed by atoms with Crippen LogP contribution in [0.3, 0.4) is 0 Å². The third-order valence-corrected chi connectivity index (χ3v) is 9.20. The highest BCUT2D eigenvalue weighted by molar-refractivity contribution is 6.74. The average molecular weight is 330 g/mol. The summed E-state index contributed by atoms with van der Waals surface area (Å²) in [6.45, 7) is 20.5. The van der Waals surface area contributed by atoms with Crippen molar-refractivity contribution >= 4 is 14.4 Å². The molecule has 1 rings (SSSR count). The lowest BCUT2D eigenvalue weighted by molar-refractivity contribution is 0.0178. The summed E-state index contributed by atoms with van der Waals surface area (Å²) in [5.41, 5.74) is -0.451. The number of rotatable bonds is 3. The molecule has 1 aliphatic rings. The lowest BCUT2D eigenvalue weighted by atomic mass is 10.1. The lowest BCUT2D eigenvalue weighted by Gasteiger charge is -2.38. The summed E-state index contributed by atoms with van der Waals surface area (Å²) in [7, 11) is -1.78. The van der Waals surface area contributed by atoms with E-state index in [2.05, 4.69) is 40.8 Å². The molecule has 1 amide bonds. The van der Waals surface area contributed by atoms with Gasteiger partial charge in [-0.05, 0) is 51.2 Å². The first-order chi connectivity index (χ1) is 9.73. The van der Waals surface area contributed by atoms with Crippen LogP contribution in [0, 0.1) is 5.92 Å². The highest BCUT2D eigenvalue weighted by Gasteiger charge is 2.41. The Labute approximate surface area is 137 Å². The molecular formula is C17H35NO3Si.